The van der Waals surface area contributed by atoms with Crippen LogP contribution in [0.25, 0.3) is 5.57 Å². The number of hydrogen-bond acceptors (Lipinski definition) is 2. The molecule has 0 saturated heterocycles. The molecule has 1 fully saturated rings. The molecule has 186 valence electrons. The van der Waals surface area contributed by atoms with Crippen molar-refractivity contribution in [3.05, 3.63) is 41.0 Å². The number of rotatable bonds is 4. The van der Waals surface area contributed by atoms with Gasteiger partial charge in [-0.2, -0.15) is 0 Å². The molecular weight excluding hydrogens is 438 g/mol. The molecular formula is C29H43N3OS. The van der Waals surface area contributed by atoms with E-state index < -0.39 is 0 Å². The summed E-state index contributed by atoms with van der Waals surface area (Å²) < 4.78 is 0. The molecule has 1 N–H and O–H groups in total. The fraction of sp³-hybridized carbons (Fsp3) is 0.655. The second-order valence-corrected chi connectivity index (χ2v) is 12.5. The van der Waals surface area contributed by atoms with E-state index >= 15 is 0 Å². The van der Waals surface area contributed by atoms with Gasteiger partial charge in [-0.1, -0.05) is 38.1 Å². The average molecular weight is 482 g/mol. The van der Waals surface area contributed by atoms with Crippen molar-refractivity contribution in [1.29, 1.82) is 0 Å². The number of fused-ring (bicyclic) bond motifs is 2. The highest BCUT2D eigenvalue weighted by Gasteiger charge is 2.40. The number of nitrogens with one attached hydrogen (secondary N) is 1. The van der Waals surface area contributed by atoms with Gasteiger partial charge in [0.05, 0.1) is 6.04 Å². The van der Waals surface area contributed by atoms with Crippen LogP contribution in [0.1, 0.15) is 77.8 Å². The van der Waals surface area contributed by atoms with Crippen LogP contribution in [-0.4, -0.2) is 52.5 Å². The molecule has 5 heteroatoms. The van der Waals surface area contributed by atoms with Crippen LogP contribution in [0.2, 0.25) is 0 Å². The molecule has 4 rings (SSSR count). The Kier molecular flexibility index (Phi) is 7.42. The van der Waals surface area contributed by atoms with Gasteiger partial charge in [-0.25, -0.2) is 0 Å². The molecule has 34 heavy (non-hydrogen) atoms. The molecule has 1 aromatic rings. The summed E-state index contributed by atoms with van der Waals surface area (Å²) in [5.74, 6) is 1.62. The SMILES string of the molecule is CC(C)C1C2=C(CCN1C(=O)C1CCC(CN(C)C(=S)NC(C)(C)C)CC1)c1ccccc1C2. The van der Waals surface area contributed by atoms with Crippen molar-refractivity contribution >= 4 is 28.8 Å². The van der Waals surface area contributed by atoms with Crippen LogP contribution >= 0.6 is 12.2 Å². The van der Waals surface area contributed by atoms with Gasteiger partial charge in [0.15, 0.2) is 5.11 Å². The van der Waals surface area contributed by atoms with Gasteiger partial charge < -0.3 is 15.1 Å². The van der Waals surface area contributed by atoms with Crippen LogP contribution < -0.4 is 5.32 Å². The van der Waals surface area contributed by atoms with Crippen LogP contribution in [0.15, 0.2) is 29.8 Å². The number of benzene rings is 1. The molecule has 3 aliphatic rings. The molecule has 0 spiro atoms. The van der Waals surface area contributed by atoms with Gasteiger partial charge in [0.2, 0.25) is 5.91 Å². The molecule has 0 aromatic heterocycles. The van der Waals surface area contributed by atoms with Crippen LogP contribution in [0, 0.1) is 17.8 Å². The van der Waals surface area contributed by atoms with E-state index in [-0.39, 0.29) is 17.5 Å². The van der Waals surface area contributed by atoms with Gasteiger partial charge in [-0.05, 0) is 106 Å². The Balaban J connectivity index is 1.37. The van der Waals surface area contributed by atoms with Crippen molar-refractivity contribution in [2.45, 2.75) is 84.7 Å². The molecule has 4 nitrogen and oxygen atoms in total. The Labute approximate surface area is 212 Å². The smallest absolute Gasteiger partial charge is 0.226 e. The number of amides is 1. The van der Waals surface area contributed by atoms with Crippen molar-refractivity contribution in [2.24, 2.45) is 17.8 Å². The summed E-state index contributed by atoms with van der Waals surface area (Å²) in [6, 6.07) is 9.07. The summed E-state index contributed by atoms with van der Waals surface area (Å²) in [7, 11) is 2.09. The second-order valence-electron chi connectivity index (χ2n) is 12.1. The first-order valence-electron chi connectivity index (χ1n) is 13.2. The fourth-order valence-electron chi connectivity index (χ4n) is 6.31. The first-order valence-corrected chi connectivity index (χ1v) is 13.6. The third kappa shape index (κ3) is 5.35. The van der Waals surface area contributed by atoms with Gasteiger partial charge in [-0.3, -0.25) is 4.79 Å². The highest BCUT2D eigenvalue weighted by atomic mass is 32.1. The summed E-state index contributed by atoms with van der Waals surface area (Å²) >= 11 is 5.59. The Morgan fingerprint density at radius 1 is 1.18 bits per heavy atom. The van der Waals surface area contributed by atoms with Crippen LogP contribution in [0.3, 0.4) is 0 Å². The topological polar surface area (TPSA) is 35.6 Å². The zero-order chi connectivity index (χ0) is 24.6. The minimum absolute atomic E-state index is 0.0210. The molecule has 1 atom stereocenters. The Morgan fingerprint density at radius 2 is 1.85 bits per heavy atom. The second kappa shape index (κ2) is 10.0. The van der Waals surface area contributed by atoms with Gasteiger partial charge in [0.1, 0.15) is 0 Å². The van der Waals surface area contributed by atoms with Crippen LogP contribution in [0.5, 0.6) is 0 Å². The van der Waals surface area contributed by atoms with E-state index in [0.29, 0.717) is 17.7 Å². The third-order valence-electron chi connectivity index (χ3n) is 7.88. The number of hydrogen-bond donors (Lipinski definition) is 1. The van der Waals surface area contributed by atoms with E-state index in [1.807, 2.05) is 0 Å². The lowest BCUT2D eigenvalue weighted by atomic mass is 9.79. The molecule has 2 aliphatic carbocycles. The van der Waals surface area contributed by atoms with Crippen molar-refractivity contribution in [1.82, 2.24) is 15.1 Å². The quantitative estimate of drug-likeness (QED) is 0.563. The predicted molar refractivity (Wildman–Crippen MR) is 146 cm³/mol. The predicted octanol–water partition coefficient (Wildman–Crippen LogP) is 5.66. The number of nitrogens with zero attached hydrogens (tertiary/aromatic N) is 2. The summed E-state index contributed by atoms with van der Waals surface area (Å²) in [5.41, 5.74) is 5.87. The van der Waals surface area contributed by atoms with E-state index in [2.05, 4.69) is 81.0 Å². The maximum atomic E-state index is 13.8. The summed E-state index contributed by atoms with van der Waals surface area (Å²) in [5, 5.41) is 4.23. The number of carbonyl (C=O) groups is 1. The maximum Gasteiger partial charge on any atom is 0.226 e. The van der Waals surface area contributed by atoms with Crippen molar-refractivity contribution in [2.75, 3.05) is 20.1 Å². The van der Waals surface area contributed by atoms with Crippen molar-refractivity contribution in [3.63, 3.8) is 0 Å². The lowest BCUT2D eigenvalue weighted by molar-refractivity contribution is -0.139. The van der Waals surface area contributed by atoms with Gasteiger partial charge in [-0.15, -0.1) is 0 Å². The standard InChI is InChI=1S/C29H43N3OS/c1-19(2)26-25-17-22-9-7-8-10-23(22)24(25)15-16-32(26)27(33)21-13-11-20(12-14-21)18-31(6)28(34)30-29(3,4)5/h7-10,19-21,26H,11-18H2,1-6H3,(H,30,34). The summed E-state index contributed by atoms with van der Waals surface area (Å²) in [6.45, 7) is 12.8. The Hall–Kier alpha value is -1.88. The summed E-state index contributed by atoms with van der Waals surface area (Å²) in [4.78, 5) is 18.2. The molecule has 1 amide bonds. The Bertz CT molecular complexity index is 952. The molecule has 1 aliphatic heterocycles. The number of thiocarbonyl (C=S) groups is 1. The van der Waals surface area contributed by atoms with E-state index in [0.717, 1.165) is 56.7 Å². The van der Waals surface area contributed by atoms with Gasteiger partial charge in [0.25, 0.3) is 0 Å². The zero-order valence-corrected chi connectivity index (χ0v) is 22.8. The van der Waals surface area contributed by atoms with Gasteiger partial charge >= 0.3 is 0 Å². The maximum absolute atomic E-state index is 13.8. The first kappa shape index (κ1) is 25.2. The molecule has 1 unspecified atom stereocenters. The molecule has 1 aromatic carbocycles. The largest absolute Gasteiger partial charge is 0.358 e. The average Bonchev–Trinajstić information content (AvgIpc) is 3.15. The van der Waals surface area contributed by atoms with E-state index in [9.17, 15) is 4.79 Å². The fourth-order valence-corrected chi connectivity index (χ4v) is 6.69. The minimum Gasteiger partial charge on any atom is -0.358 e. The van der Waals surface area contributed by atoms with Crippen LogP contribution in [0.4, 0.5) is 0 Å². The molecule has 1 heterocycles. The molecule has 0 radical (unpaired) electrons. The minimum atomic E-state index is -0.0210. The van der Waals surface area contributed by atoms with Gasteiger partial charge in [0, 0.05) is 31.6 Å². The summed E-state index contributed by atoms with van der Waals surface area (Å²) in [6.07, 6.45) is 6.24. The zero-order valence-electron chi connectivity index (χ0n) is 22.0. The highest BCUT2D eigenvalue weighted by molar-refractivity contribution is 7.80. The normalized spacial score (nSPS) is 24.7. The highest BCUT2D eigenvalue weighted by Crippen LogP contribution is 2.43. The van der Waals surface area contributed by atoms with Crippen molar-refractivity contribution in [3.8, 4) is 0 Å². The van der Waals surface area contributed by atoms with E-state index in [1.54, 1.807) is 0 Å². The first-order chi connectivity index (χ1) is 16.0. The molecule has 0 bridgehead atoms. The van der Waals surface area contributed by atoms with Crippen molar-refractivity contribution < 1.29 is 4.79 Å². The monoisotopic (exact) mass is 481 g/mol. The van der Waals surface area contributed by atoms with E-state index in [4.69, 9.17) is 12.2 Å². The van der Waals surface area contributed by atoms with Crippen LogP contribution in [-0.2, 0) is 11.2 Å². The molecule has 1 saturated carbocycles. The number of carbonyl (C=O) groups excluding carboxylic acids is 1. The lowest BCUT2D eigenvalue weighted by Gasteiger charge is -2.42. The lowest BCUT2D eigenvalue weighted by Crippen LogP contribution is -2.50. The van der Waals surface area contributed by atoms with E-state index in [1.165, 1.54) is 22.3 Å². The Morgan fingerprint density at radius 3 is 2.50 bits per heavy atom. The third-order valence-corrected chi connectivity index (χ3v) is 8.29.